The van der Waals surface area contributed by atoms with Crippen LogP contribution in [0.1, 0.15) is 12.5 Å². The highest BCUT2D eigenvalue weighted by Crippen LogP contribution is 2.30. The highest BCUT2D eigenvalue weighted by Gasteiger charge is 2.31. The predicted octanol–water partition coefficient (Wildman–Crippen LogP) is 3.79. The summed E-state index contributed by atoms with van der Waals surface area (Å²) in [6, 6.07) is 7.28. The molecule has 0 aliphatic carbocycles. The van der Waals surface area contributed by atoms with Gasteiger partial charge in [-0.1, -0.05) is 19.1 Å². The van der Waals surface area contributed by atoms with Crippen molar-refractivity contribution < 1.29 is 26.0 Å². The van der Waals surface area contributed by atoms with E-state index in [0.717, 1.165) is 10.9 Å². The number of sulfone groups is 1. The Bertz CT molecular complexity index is 1530. The highest BCUT2D eigenvalue weighted by atomic mass is 32.2. The van der Waals surface area contributed by atoms with Crippen molar-refractivity contribution in [2.24, 2.45) is 0 Å². The topological polar surface area (TPSA) is 94.8 Å². The monoisotopic (exact) mass is 478 g/mol. The maximum Gasteiger partial charge on any atom is 0.417 e. The summed E-state index contributed by atoms with van der Waals surface area (Å²) in [5.41, 5.74) is -1.78. The molecule has 0 N–H and O–H groups in total. The van der Waals surface area contributed by atoms with Gasteiger partial charge < -0.3 is 0 Å². The first kappa shape index (κ1) is 22.5. The molecule has 0 spiro atoms. The zero-order valence-electron chi connectivity index (χ0n) is 16.8. The number of aromatic nitrogens is 4. The van der Waals surface area contributed by atoms with Gasteiger partial charge in [-0.25, -0.2) is 32.3 Å². The van der Waals surface area contributed by atoms with Crippen LogP contribution in [-0.2, 0) is 16.0 Å². The van der Waals surface area contributed by atoms with E-state index in [1.165, 1.54) is 43.5 Å². The molecule has 170 valence electrons. The maximum atomic E-state index is 13.2. The zero-order valence-corrected chi connectivity index (χ0v) is 17.7. The molecule has 0 aliphatic heterocycles. The van der Waals surface area contributed by atoms with Gasteiger partial charge >= 0.3 is 6.18 Å². The molecular weight excluding hydrogens is 464 g/mol. The Morgan fingerprint density at radius 3 is 2.30 bits per heavy atom. The fourth-order valence-electron chi connectivity index (χ4n) is 3.11. The normalized spacial score (nSPS) is 12.3. The standard InChI is InChI=1S/C21H14F4N4O3S/c1-2-33(31,32)17-7-13(12-3-5-15(22)6-4-12)9-27-19(17)29-11-28-16-8-14(21(23,24)25)10-26-18(16)20(29)30/h3-11H,2H2,1H3. The minimum atomic E-state index is -4.67. The first-order valence-electron chi connectivity index (χ1n) is 9.45. The van der Waals surface area contributed by atoms with Gasteiger partial charge in [0.2, 0.25) is 0 Å². The van der Waals surface area contributed by atoms with E-state index in [1.807, 2.05) is 0 Å². The molecule has 0 fully saturated rings. The Hall–Kier alpha value is -3.67. The van der Waals surface area contributed by atoms with Crippen LogP contribution < -0.4 is 5.56 Å². The molecule has 33 heavy (non-hydrogen) atoms. The van der Waals surface area contributed by atoms with Gasteiger partial charge in [-0.2, -0.15) is 13.2 Å². The van der Waals surface area contributed by atoms with Crippen LogP contribution in [0, 0.1) is 5.82 Å². The van der Waals surface area contributed by atoms with E-state index >= 15 is 0 Å². The Morgan fingerprint density at radius 1 is 0.970 bits per heavy atom. The molecule has 3 aromatic heterocycles. The number of alkyl halides is 3. The van der Waals surface area contributed by atoms with Gasteiger partial charge in [-0.3, -0.25) is 4.79 Å². The minimum absolute atomic E-state index is 0.274. The van der Waals surface area contributed by atoms with Crippen molar-refractivity contribution in [1.29, 1.82) is 0 Å². The molecule has 4 aromatic rings. The number of benzene rings is 1. The second-order valence-corrected chi connectivity index (χ2v) is 9.21. The lowest BCUT2D eigenvalue weighted by atomic mass is 10.1. The van der Waals surface area contributed by atoms with Crippen LogP contribution >= 0.6 is 0 Å². The van der Waals surface area contributed by atoms with Crippen molar-refractivity contribution in [3.05, 3.63) is 76.9 Å². The van der Waals surface area contributed by atoms with E-state index in [0.29, 0.717) is 23.4 Å². The van der Waals surface area contributed by atoms with Gasteiger partial charge in [-0.15, -0.1) is 0 Å². The van der Waals surface area contributed by atoms with Gasteiger partial charge in [0, 0.05) is 18.0 Å². The number of rotatable bonds is 4. The predicted molar refractivity (Wildman–Crippen MR) is 111 cm³/mol. The third-order valence-corrected chi connectivity index (χ3v) is 6.61. The number of nitrogens with zero attached hydrogens (tertiary/aromatic N) is 4. The first-order valence-corrected chi connectivity index (χ1v) is 11.1. The van der Waals surface area contributed by atoms with Crippen molar-refractivity contribution in [3.8, 4) is 16.9 Å². The van der Waals surface area contributed by atoms with Crippen LogP contribution in [0.25, 0.3) is 28.0 Å². The number of hydrogen-bond acceptors (Lipinski definition) is 6. The fraction of sp³-hybridized carbons (Fsp3) is 0.143. The van der Waals surface area contributed by atoms with Gasteiger partial charge in [0.15, 0.2) is 21.2 Å². The van der Waals surface area contributed by atoms with Crippen LogP contribution in [0.2, 0.25) is 0 Å². The van der Waals surface area contributed by atoms with Crippen LogP contribution in [0.4, 0.5) is 17.6 Å². The lowest BCUT2D eigenvalue weighted by molar-refractivity contribution is -0.137. The van der Waals surface area contributed by atoms with Crippen LogP contribution in [0.3, 0.4) is 0 Å². The van der Waals surface area contributed by atoms with Crippen LogP contribution in [0.5, 0.6) is 0 Å². The number of hydrogen-bond donors (Lipinski definition) is 0. The highest BCUT2D eigenvalue weighted by molar-refractivity contribution is 7.91. The average molecular weight is 478 g/mol. The molecule has 4 rings (SSSR count). The maximum absolute atomic E-state index is 13.2. The van der Waals surface area contributed by atoms with Crippen LogP contribution in [-0.4, -0.2) is 33.7 Å². The lowest BCUT2D eigenvalue weighted by Crippen LogP contribution is -2.23. The van der Waals surface area contributed by atoms with Gasteiger partial charge in [0.05, 0.1) is 16.8 Å². The SMILES string of the molecule is CCS(=O)(=O)c1cc(-c2ccc(F)cc2)cnc1-n1cnc2cc(C(F)(F)F)cnc2c1=O. The van der Waals surface area contributed by atoms with Crippen molar-refractivity contribution in [3.63, 3.8) is 0 Å². The molecule has 0 aliphatic rings. The average Bonchev–Trinajstić information content (AvgIpc) is 2.79. The Balaban J connectivity index is 1.93. The molecule has 0 radical (unpaired) electrons. The molecule has 7 nitrogen and oxygen atoms in total. The summed E-state index contributed by atoms with van der Waals surface area (Å²) in [7, 11) is -3.91. The summed E-state index contributed by atoms with van der Waals surface area (Å²) >= 11 is 0. The molecular formula is C21H14F4N4O3S. The summed E-state index contributed by atoms with van der Waals surface area (Å²) in [6.45, 7) is 1.41. The second-order valence-electron chi connectivity index (χ2n) is 6.97. The summed E-state index contributed by atoms with van der Waals surface area (Å²) in [5, 5.41) is 0. The zero-order chi connectivity index (χ0) is 24.0. The number of fused-ring (bicyclic) bond motifs is 1. The lowest BCUT2D eigenvalue weighted by Gasteiger charge is -2.13. The quantitative estimate of drug-likeness (QED) is 0.414. The Morgan fingerprint density at radius 2 is 1.67 bits per heavy atom. The minimum Gasteiger partial charge on any atom is -0.266 e. The van der Waals surface area contributed by atoms with E-state index < -0.39 is 33.0 Å². The van der Waals surface area contributed by atoms with E-state index in [9.17, 15) is 30.8 Å². The van der Waals surface area contributed by atoms with E-state index in [4.69, 9.17) is 0 Å². The smallest absolute Gasteiger partial charge is 0.266 e. The molecule has 0 amide bonds. The van der Waals surface area contributed by atoms with E-state index in [1.54, 1.807) is 0 Å². The summed E-state index contributed by atoms with van der Waals surface area (Å²) < 4.78 is 78.4. The van der Waals surface area contributed by atoms with Crippen molar-refractivity contribution in [2.75, 3.05) is 5.75 Å². The number of pyridine rings is 2. The van der Waals surface area contributed by atoms with Crippen molar-refractivity contribution >= 4 is 20.9 Å². The van der Waals surface area contributed by atoms with E-state index in [-0.39, 0.29) is 27.5 Å². The van der Waals surface area contributed by atoms with Gasteiger partial charge in [0.25, 0.3) is 5.56 Å². The second kappa shape index (κ2) is 8.03. The first-order chi connectivity index (χ1) is 15.5. The summed E-state index contributed by atoms with van der Waals surface area (Å²) in [4.78, 5) is 24.2. The summed E-state index contributed by atoms with van der Waals surface area (Å²) in [6.07, 6.45) is -1.96. The molecule has 12 heteroatoms. The van der Waals surface area contributed by atoms with Crippen molar-refractivity contribution in [1.82, 2.24) is 19.5 Å². The third-order valence-electron chi connectivity index (χ3n) is 4.88. The van der Waals surface area contributed by atoms with Crippen LogP contribution in [0.15, 0.2) is 64.8 Å². The third kappa shape index (κ3) is 4.21. The number of halogens is 4. The fourth-order valence-corrected chi connectivity index (χ4v) is 4.16. The molecule has 1 aromatic carbocycles. The molecule has 3 heterocycles. The van der Waals surface area contributed by atoms with Crippen molar-refractivity contribution in [2.45, 2.75) is 18.0 Å². The van der Waals surface area contributed by atoms with Gasteiger partial charge in [0.1, 0.15) is 17.0 Å². The Labute approximate surface area is 184 Å². The van der Waals surface area contributed by atoms with Gasteiger partial charge in [-0.05, 0) is 29.8 Å². The molecule has 0 saturated heterocycles. The molecule has 0 unspecified atom stereocenters. The molecule has 0 saturated carbocycles. The largest absolute Gasteiger partial charge is 0.417 e. The Kier molecular flexibility index (Phi) is 5.48. The molecule has 0 atom stereocenters. The molecule has 0 bridgehead atoms. The van der Waals surface area contributed by atoms with E-state index in [2.05, 4.69) is 15.0 Å². The summed E-state index contributed by atoms with van der Waals surface area (Å²) in [5.74, 6) is -1.05.